The average molecular weight is 339 g/mol. The van der Waals surface area contributed by atoms with Crippen LogP contribution in [0.5, 0.6) is 11.5 Å². The Morgan fingerprint density at radius 1 is 1.41 bits per heavy atom. The van der Waals surface area contributed by atoms with E-state index in [0.29, 0.717) is 5.75 Å². The molecule has 0 bridgehead atoms. The summed E-state index contributed by atoms with van der Waals surface area (Å²) < 4.78 is 29.3. The number of rotatable bonds is 4. The molecule has 0 spiro atoms. The Morgan fingerprint density at radius 2 is 2.14 bits per heavy atom. The second kappa shape index (κ2) is 6.25. The molecule has 114 valence electrons. The molecule has 0 atom stereocenters. The Morgan fingerprint density at radius 3 is 2.68 bits per heavy atom. The predicted molar refractivity (Wildman–Crippen MR) is 82.8 cm³/mol. The van der Waals surface area contributed by atoms with Crippen LogP contribution >= 0.6 is 11.6 Å². The molecule has 1 aromatic heterocycles. The number of nitrogens with zero attached hydrogens (tertiary/aromatic N) is 2. The number of hydrogen-bond donors (Lipinski definition) is 0. The maximum absolute atomic E-state index is 11.9. The molecule has 2 aromatic rings. The fourth-order valence-electron chi connectivity index (χ4n) is 1.69. The highest BCUT2D eigenvalue weighted by Gasteiger charge is 2.21. The molecular weight excluding hydrogens is 328 g/mol. The summed E-state index contributed by atoms with van der Waals surface area (Å²) in [6.45, 7) is 3.11. The van der Waals surface area contributed by atoms with Gasteiger partial charge in [-0.05, 0) is 24.9 Å². The van der Waals surface area contributed by atoms with Crippen LogP contribution in [0.15, 0.2) is 46.5 Å². The lowest BCUT2D eigenvalue weighted by Crippen LogP contribution is -2.05. The van der Waals surface area contributed by atoms with Crippen molar-refractivity contribution in [3.63, 3.8) is 0 Å². The zero-order valence-corrected chi connectivity index (χ0v) is 13.1. The lowest BCUT2D eigenvalue weighted by molar-refractivity contribution is 0.100. The first-order chi connectivity index (χ1) is 10.3. The van der Waals surface area contributed by atoms with E-state index < -0.39 is 15.7 Å². The molecule has 6 nitrogen and oxygen atoms in total. The highest BCUT2D eigenvalue weighted by molar-refractivity contribution is 7.90. The van der Waals surface area contributed by atoms with E-state index in [4.69, 9.17) is 16.3 Å². The molecule has 8 heteroatoms. The van der Waals surface area contributed by atoms with Crippen molar-refractivity contribution in [2.45, 2.75) is 4.90 Å². The Hall–Kier alpha value is -2.25. The zero-order chi connectivity index (χ0) is 16.3. The fourth-order valence-corrected chi connectivity index (χ4v) is 2.72. The summed E-state index contributed by atoms with van der Waals surface area (Å²) in [6, 6.07) is 5.62. The van der Waals surface area contributed by atoms with E-state index in [1.54, 1.807) is 18.3 Å². The maximum atomic E-state index is 11.9. The van der Waals surface area contributed by atoms with Crippen LogP contribution in [0, 0.1) is 0 Å². The number of aromatic nitrogens is 1. The molecule has 0 saturated heterocycles. The van der Waals surface area contributed by atoms with Crippen LogP contribution in [-0.2, 0) is 9.84 Å². The van der Waals surface area contributed by atoms with Gasteiger partial charge in [0, 0.05) is 18.5 Å². The van der Waals surface area contributed by atoms with Gasteiger partial charge >= 0.3 is 0 Å². The summed E-state index contributed by atoms with van der Waals surface area (Å²) in [5.41, 5.74) is -0.0596. The molecule has 0 aliphatic heterocycles. The third kappa shape index (κ3) is 3.49. The first kappa shape index (κ1) is 16.1. The molecular formula is C14H11ClN2O4S. The first-order valence-electron chi connectivity index (χ1n) is 5.95. The third-order valence-electron chi connectivity index (χ3n) is 2.67. The highest BCUT2D eigenvalue weighted by atomic mass is 35.5. The fraction of sp³-hybridized carbons (Fsp3) is 0.0714. The average Bonchev–Trinajstić information content (AvgIpc) is 2.46. The van der Waals surface area contributed by atoms with Gasteiger partial charge in [-0.1, -0.05) is 11.6 Å². The van der Waals surface area contributed by atoms with Gasteiger partial charge in [0.15, 0.2) is 9.84 Å². The molecule has 0 aliphatic carbocycles. The van der Waals surface area contributed by atoms with Crippen molar-refractivity contribution in [1.29, 1.82) is 0 Å². The molecule has 0 N–H and O–H groups in total. The highest BCUT2D eigenvalue weighted by Crippen LogP contribution is 2.34. The molecule has 0 saturated carbocycles. The molecule has 1 amide bonds. The van der Waals surface area contributed by atoms with Crippen molar-refractivity contribution in [3.8, 4) is 11.5 Å². The van der Waals surface area contributed by atoms with Crippen molar-refractivity contribution >= 4 is 34.1 Å². The van der Waals surface area contributed by atoms with Crippen molar-refractivity contribution in [3.05, 3.63) is 47.2 Å². The lowest BCUT2D eigenvalue weighted by atomic mass is 10.2. The van der Waals surface area contributed by atoms with E-state index in [9.17, 15) is 13.2 Å². The van der Waals surface area contributed by atoms with Crippen LogP contribution in [0.25, 0.3) is 0 Å². The number of amides is 1. The summed E-state index contributed by atoms with van der Waals surface area (Å²) in [4.78, 5) is 18.6. The topological polar surface area (TPSA) is 85.7 Å². The van der Waals surface area contributed by atoms with E-state index in [2.05, 4.69) is 16.7 Å². The van der Waals surface area contributed by atoms with Crippen molar-refractivity contribution < 1.29 is 17.9 Å². The van der Waals surface area contributed by atoms with Gasteiger partial charge in [-0.15, -0.1) is 0 Å². The Labute approximate surface area is 132 Å². The minimum Gasteiger partial charge on any atom is -0.454 e. The molecule has 22 heavy (non-hydrogen) atoms. The summed E-state index contributed by atoms with van der Waals surface area (Å²) in [5, 5.41) is 0.0173. The van der Waals surface area contributed by atoms with Crippen LogP contribution in [0.3, 0.4) is 0 Å². The predicted octanol–water partition coefficient (Wildman–Crippen LogP) is 2.77. The van der Waals surface area contributed by atoms with Gasteiger partial charge in [0.1, 0.15) is 16.4 Å². The van der Waals surface area contributed by atoms with Crippen molar-refractivity contribution in [2.75, 3.05) is 6.26 Å². The van der Waals surface area contributed by atoms with E-state index in [-0.39, 0.29) is 21.2 Å². The second-order valence-electron chi connectivity index (χ2n) is 4.31. The molecule has 0 aliphatic rings. The minimum absolute atomic E-state index is 0.00103. The number of aliphatic imine (C=N–C) groups is 1. The van der Waals surface area contributed by atoms with Crippen molar-refractivity contribution in [1.82, 2.24) is 4.98 Å². The third-order valence-corrected chi connectivity index (χ3v) is 4.10. The quantitative estimate of drug-likeness (QED) is 0.800. The Bertz CT molecular complexity index is 835. The summed E-state index contributed by atoms with van der Waals surface area (Å²) >= 11 is 5.99. The van der Waals surface area contributed by atoms with Crippen LogP contribution < -0.4 is 4.74 Å². The van der Waals surface area contributed by atoms with Crippen LogP contribution in [0.4, 0.5) is 0 Å². The normalized spacial score (nSPS) is 11.0. The molecule has 0 radical (unpaired) electrons. The minimum atomic E-state index is -3.65. The van der Waals surface area contributed by atoms with Gasteiger partial charge in [-0.3, -0.25) is 9.78 Å². The van der Waals surface area contributed by atoms with Crippen LogP contribution in [-0.4, -0.2) is 32.3 Å². The Kier molecular flexibility index (Phi) is 4.58. The maximum Gasteiger partial charge on any atom is 0.277 e. The van der Waals surface area contributed by atoms with Crippen LogP contribution in [0.1, 0.15) is 10.4 Å². The first-order valence-corrected chi connectivity index (χ1v) is 8.22. The molecule has 2 rings (SSSR count). The number of pyridine rings is 1. The Balaban J connectivity index is 2.60. The van der Waals surface area contributed by atoms with Gasteiger partial charge in [0.05, 0.1) is 16.8 Å². The molecule has 1 aromatic carbocycles. The molecule has 0 unspecified atom stereocenters. The standard InChI is InChI=1S/C14H11ClN2O4S/c1-16-14(18)10-6-13(22(2,19)20)12(7-11(10)15)21-9-4-3-5-17-8-9/h3-8H,1H2,2H3. The van der Waals surface area contributed by atoms with E-state index in [1.165, 1.54) is 12.3 Å². The van der Waals surface area contributed by atoms with Gasteiger partial charge in [0.25, 0.3) is 5.91 Å². The van der Waals surface area contributed by atoms with Crippen LogP contribution in [0.2, 0.25) is 5.02 Å². The van der Waals surface area contributed by atoms with Gasteiger partial charge in [-0.2, -0.15) is 0 Å². The number of hydrogen-bond acceptors (Lipinski definition) is 5. The number of carbonyl (C=O) groups is 1. The number of carbonyl (C=O) groups excluding carboxylic acids is 1. The second-order valence-corrected chi connectivity index (χ2v) is 6.70. The summed E-state index contributed by atoms with van der Waals surface area (Å²) in [5.74, 6) is -0.381. The van der Waals surface area contributed by atoms with E-state index in [0.717, 1.165) is 12.3 Å². The number of benzene rings is 1. The van der Waals surface area contributed by atoms with Crippen molar-refractivity contribution in [2.24, 2.45) is 4.99 Å². The smallest absolute Gasteiger partial charge is 0.277 e. The monoisotopic (exact) mass is 338 g/mol. The van der Waals surface area contributed by atoms with Gasteiger partial charge in [-0.25, -0.2) is 13.4 Å². The lowest BCUT2D eigenvalue weighted by Gasteiger charge is -2.12. The SMILES string of the molecule is C=NC(=O)c1cc(S(C)(=O)=O)c(Oc2cccnc2)cc1Cl. The largest absolute Gasteiger partial charge is 0.454 e. The van der Waals surface area contributed by atoms with Gasteiger partial charge in [0.2, 0.25) is 0 Å². The zero-order valence-electron chi connectivity index (χ0n) is 11.5. The van der Waals surface area contributed by atoms with Gasteiger partial charge < -0.3 is 4.74 Å². The number of sulfone groups is 1. The molecule has 0 fully saturated rings. The molecule has 1 heterocycles. The number of ether oxygens (including phenoxy) is 1. The number of halogens is 1. The van der Waals surface area contributed by atoms with E-state index in [1.807, 2.05) is 0 Å². The van der Waals surface area contributed by atoms with E-state index >= 15 is 0 Å². The summed E-state index contributed by atoms with van der Waals surface area (Å²) in [6.07, 6.45) is 3.97. The summed E-state index contributed by atoms with van der Waals surface area (Å²) in [7, 11) is -3.65.